The predicted molar refractivity (Wildman–Crippen MR) is 134 cm³/mol. The topological polar surface area (TPSA) is 102 Å². The van der Waals surface area contributed by atoms with Crippen LogP contribution in [-0.2, 0) is 23.9 Å². The zero-order chi connectivity index (χ0) is 24.4. The van der Waals surface area contributed by atoms with Gasteiger partial charge in [0.15, 0.2) is 0 Å². The number of likely N-dealkylation sites (N-methyl/N-ethyl adjacent to an activating group) is 1. The second kappa shape index (κ2) is 10.2. The summed E-state index contributed by atoms with van der Waals surface area (Å²) in [6, 6.07) is 10.4. The van der Waals surface area contributed by atoms with E-state index in [0.717, 1.165) is 36.3 Å². The smallest absolute Gasteiger partial charge is 0.307 e. The molecule has 2 aromatic carbocycles. The highest BCUT2D eigenvalue weighted by Crippen LogP contribution is 2.21. The van der Waals surface area contributed by atoms with E-state index in [1.54, 1.807) is 37.3 Å². The Kier molecular flexibility index (Phi) is 7.33. The SMILES string of the molecule is CCS(=O)c1ccc(Cl)cc1Cn1c(=O)[nH]c2cc(CN3CCN(C)CC3)c(C#N)cc2c1=O. The van der Waals surface area contributed by atoms with E-state index in [-0.39, 0.29) is 11.9 Å². The third-order valence-electron chi connectivity index (χ3n) is 6.17. The lowest BCUT2D eigenvalue weighted by Crippen LogP contribution is -2.44. The summed E-state index contributed by atoms with van der Waals surface area (Å²) in [7, 11) is 0.804. The maximum atomic E-state index is 13.3. The van der Waals surface area contributed by atoms with Crippen molar-refractivity contribution in [1.82, 2.24) is 19.4 Å². The van der Waals surface area contributed by atoms with Gasteiger partial charge in [0.2, 0.25) is 0 Å². The van der Waals surface area contributed by atoms with E-state index in [0.29, 0.717) is 38.9 Å². The summed E-state index contributed by atoms with van der Waals surface area (Å²) in [6.07, 6.45) is 0. The summed E-state index contributed by atoms with van der Waals surface area (Å²) in [5, 5.41) is 10.4. The molecule has 1 saturated heterocycles. The highest BCUT2D eigenvalue weighted by Gasteiger charge is 2.18. The molecule has 1 fully saturated rings. The monoisotopic (exact) mass is 499 g/mol. The van der Waals surface area contributed by atoms with Gasteiger partial charge < -0.3 is 9.88 Å². The predicted octanol–water partition coefficient (Wildman–Crippen LogP) is 2.14. The summed E-state index contributed by atoms with van der Waals surface area (Å²) in [5.41, 5.74) is 1.07. The molecule has 8 nitrogen and oxygen atoms in total. The summed E-state index contributed by atoms with van der Waals surface area (Å²) in [6.45, 7) is 5.98. The minimum atomic E-state index is -1.28. The van der Waals surface area contributed by atoms with E-state index in [1.807, 2.05) is 0 Å². The Labute approximate surface area is 204 Å². The first-order valence-corrected chi connectivity index (χ1v) is 12.8. The van der Waals surface area contributed by atoms with Crippen LogP contribution in [0.2, 0.25) is 5.02 Å². The highest BCUT2D eigenvalue weighted by molar-refractivity contribution is 7.85. The maximum Gasteiger partial charge on any atom is 0.329 e. The molecule has 1 aliphatic heterocycles. The molecule has 1 N–H and O–H groups in total. The Bertz CT molecular complexity index is 1420. The Balaban J connectivity index is 1.75. The summed E-state index contributed by atoms with van der Waals surface area (Å²) < 4.78 is 13.5. The molecule has 1 unspecified atom stereocenters. The zero-order valence-electron chi connectivity index (χ0n) is 19.1. The fourth-order valence-corrected chi connectivity index (χ4v) is 5.33. The second-order valence-corrected chi connectivity index (χ2v) is 10.6. The van der Waals surface area contributed by atoms with Crippen LogP contribution in [0, 0.1) is 11.3 Å². The average molecular weight is 500 g/mol. The van der Waals surface area contributed by atoms with Crippen molar-refractivity contribution in [3.05, 3.63) is 72.9 Å². The van der Waals surface area contributed by atoms with Gasteiger partial charge in [0.05, 0.1) is 39.9 Å². The number of aromatic nitrogens is 2. The lowest BCUT2D eigenvalue weighted by Gasteiger charge is -2.32. The summed E-state index contributed by atoms with van der Waals surface area (Å²) in [5.74, 6) is 0.402. The van der Waals surface area contributed by atoms with E-state index < -0.39 is 22.0 Å². The van der Waals surface area contributed by atoms with Crippen molar-refractivity contribution >= 4 is 33.3 Å². The van der Waals surface area contributed by atoms with Crippen LogP contribution in [0.25, 0.3) is 10.9 Å². The summed E-state index contributed by atoms with van der Waals surface area (Å²) >= 11 is 6.14. The van der Waals surface area contributed by atoms with Gasteiger partial charge >= 0.3 is 5.69 Å². The standard InChI is InChI=1S/C24H26ClN5O3S/c1-3-34(33)22-5-4-19(25)10-18(22)15-30-23(31)20-11-16(13-26)17(12-21(20)27-24(30)32)14-29-8-6-28(2)7-9-29/h4-5,10-12H,3,6-9,14-15H2,1-2H3,(H,27,32). The molecule has 10 heteroatoms. The molecule has 0 aliphatic carbocycles. The van der Waals surface area contributed by atoms with Crippen LogP contribution in [0.4, 0.5) is 0 Å². The fourth-order valence-electron chi connectivity index (χ4n) is 4.19. The van der Waals surface area contributed by atoms with Gasteiger partial charge in [0, 0.05) is 48.4 Å². The molecule has 1 atom stereocenters. The van der Waals surface area contributed by atoms with Crippen LogP contribution in [0.3, 0.4) is 0 Å². The molecular formula is C24H26ClN5O3S. The van der Waals surface area contributed by atoms with Crippen molar-refractivity contribution in [2.75, 3.05) is 39.0 Å². The first-order chi connectivity index (χ1) is 16.3. The van der Waals surface area contributed by atoms with Crippen molar-refractivity contribution < 1.29 is 4.21 Å². The third kappa shape index (κ3) is 5.00. The number of fused-ring (bicyclic) bond motifs is 1. The largest absolute Gasteiger partial charge is 0.329 e. The van der Waals surface area contributed by atoms with Crippen LogP contribution in [0.1, 0.15) is 23.6 Å². The van der Waals surface area contributed by atoms with Gasteiger partial charge in [-0.15, -0.1) is 0 Å². The van der Waals surface area contributed by atoms with E-state index in [2.05, 4.69) is 27.9 Å². The number of nitrogens with zero attached hydrogens (tertiary/aromatic N) is 4. The van der Waals surface area contributed by atoms with Gasteiger partial charge in [-0.2, -0.15) is 5.26 Å². The molecule has 0 spiro atoms. The van der Waals surface area contributed by atoms with Crippen LogP contribution in [0.5, 0.6) is 0 Å². The van der Waals surface area contributed by atoms with Crippen LogP contribution in [-0.4, -0.2) is 62.5 Å². The normalized spacial score (nSPS) is 15.9. The Hall–Kier alpha value is -2.77. The molecule has 0 radical (unpaired) electrons. The number of nitriles is 1. The second-order valence-electron chi connectivity index (χ2n) is 8.45. The van der Waals surface area contributed by atoms with Crippen molar-refractivity contribution in [2.45, 2.75) is 24.9 Å². The van der Waals surface area contributed by atoms with Gasteiger partial charge in [-0.3, -0.25) is 18.5 Å². The van der Waals surface area contributed by atoms with Gasteiger partial charge in [-0.1, -0.05) is 18.5 Å². The van der Waals surface area contributed by atoms with Crippen LogP contribution < -0.4 is 11.2 Å². The number of piperazine rings is 1. The first kappa shape index (κ1) is 24.4. The molecule has 0 bridgehead atoms. The molecule has 0 saturated carbocycles. The van der Waals surface area contributed by atoms with Crippen molar-refractivity contribution in [3.8, 4) is 6.07 Å². The number of nitrogens with one attached hydrogen (secondary N) is 1. The molecule has 0 amide bonds. The Morgan fingerprint density at radius 3 is 2.50 bits per heavy atom. The lowest BCUT2D eigenvalue weighted by molar-refractivity contribution is 0.148. The van der Waals surface area contributed by atoms with Crippen LogP contribution >= 0.6 is 11.6 Å². The lowest BCUT2D eigenvalue weighted by atomic mass is 10.0. The van der Waals surface area contributed by atoms with Gasteiger partial charge in [-0.25, -0.2) is 4.79 Å². The minimum absolute atomic E-state index is 0.0727. The number of hydrogen-bond acceptors (Lipinski definition) is 6. The number of aromatic amines is 1. The highest BCUT2D eigenvalue weighted by atomic mass is 35.5. The third-order valence-corrected chi connectivity index (χ3v) is 7.82. The molecule has 1 aliphatic rings. The van der Waals surface area contributed by atoms with Crippen molar-refractivity contribution in [3.63, 3.8) is 0 Å². The molecule has 2 heterocycles. The number of benzene rings is 2. The van der Waals surface area contributed by atoms with Gasteiger partial charge in [0.25, 0.3) is 5.56 Å². The molecule has 34 heavy (non-hydrogen) atoms. The van der Waals surface area contributed by atoms with E-state index >= 15 is 0 Å². The van der Waals surface area contributed by atoms with Gasteiger partial charge in [0.1, 0.15) is 0 Å². The number of rotatable bonds is 6. The maximum absolute atomic E-state index is 13.3. The van der Waals surface area contributed by atoms with Crippen molar-refractivity contribution in [1.29, 1.82) is 5.26 Å². The van der Waals surface area contributed by atoms with Crippen molar-refractivity contribution in [2.24, 2.45) is 0 Å². The quantitative estimate of drug-likeness (QED) is 0.557. The molecule has 178 valence electrons. The van der Waals surface area contributed by atoms with E-state index in [9.17, 15) is 19.1 Å². The average Bonchev–Trinajstić information content (AvgIpc) is 2.82. The zero-order valence-corrected chi connectivity index (χ0v) is 20.7. The number of H-pyrrole nitrogens is 1. The molecule has 1 aromatic heterocycles. The van der Waals surface area contributed by atoms with Crippen LogP contribution in [0.15, 0.2) is 44.8 Å². The minimum Gasteiger partial charge on any atom is -0.307 e. The van der Waals surface area contributed by atoms with E-state index in [1.165, 1.54) is 0 Å². The van der Waals surface area contributed by atoms with Gasteiger partial charge in [-0.05, 0) is 48.5 Å². The molecule has 3 aromatic rings. The summed E-state index contributed by atoms with van der Waals surface area (Å²) in [4.78, 5) is 34.1. The number of halogens is 1. The molecular weight excluding hydrogens is 474 g/mol. The first-order valence-electron chi connectivity index (χ1n) is 11.1. The van der Waals surface area contributed by atoms with E-state index in [4.69, 9.17) is 11.6 Å². The Morgan fingerprint density at radius 1 is 1.09 bits per heavy atom. The fraction of sp³-hybridized carbons (Fsp3) is 0.375. The number of hydrogen-bond donors (Lipinski definition) is 1. The Morgan fingerprint density at radius 2 is 1.82 bits per heavy atom. The molecule has 4 rings (SSSR count).